The molecule has 1 amide bonds. The van der Waals surface area contributed by atoms with Crippen molar-refractivity contribution in [1.82, 2.24) is 4.90 Å². The van der Waals surface area contributed by atoms with E-state index in [1.165, 1.54) is 0 Å². The third-order valence-corrected chi connectivity index (χ3v) is 2.47. The van der Waals surface area contributed by atoms with Crippen LogP contribution < -0.4 is 5.73 Å². The average Bonchev–Trinajstić information content (AvgIpc) is 2.25. The second kappa shape index (κ2) is 4.17. The van der Waals surface area contributed by atoms with Crippen LogP contribution in [0.2, 0.25) is 0 Å². The third-order valence-electron chi connectivity index (χ3n) is 2.47. The predicted molar refractivity (Wildman–Crippen MR) is 58.5 cm³/mol. The summed E-state index contributed by atoms with van der Waals surface area (Å²) in [6.07, 6.45) is 2.96. The van der Waals surface area contributed by atoms with Gasteiger partial charge >= 0.3 is 0 Å². The smallest absolute Gasteiger partial charge is 0.227 e. The molecule has 3 nitrogen and oxygen atoms in total. The molecule has 2 rings (SSSR count). The number of carbonyl (C=O) groups is 1. The van der Waals surface area contributed by atoms with Crippen LogP contribution in [-0.2, 0) is 11.3 Å². The van der Waals surface area contributed by atoms with E-state index in [9.17, 15) is 4.79 Å². The zero-order valence-corrected chi connectivity index (χ0v) is 8.52. The van der Waals surface area contributed by atoms with E-state index >= 15 is 0 Å². The summed E-state index contributed by atoms with van der Waals surface area (Å²) in [5.74, 6) is 0.146. The van der Waals surface area contributed by atoms with E-state index in [4.69, 9.17) is 5.73 Å². The molecule has 1 aromatic rings. The number of nitrogens with two attached hydrogens (primary N) is 1. The Bertz CT molecular complexity index is 384. The Hall–Kier alpha value is -1.77. The van der Waals surface area contributed by atoms with E-state index in [0.29, 0.717) is 19.4 Å². The van der Waals surface area contributed by atoms with Crippen LogP contribution in [-0.4, -0.2) is 10.8 Å². The first-order chi connectivity index (χ1) is 7.25. The van der Waals surface area contributed by atoms with Gasteiger partial charge in [-0.1, -0.05) is 30.3 Å². The Morgan fingerprint density at radius 2 is 1.93 bits per heavy atom. The normalized spacial score (nSPS) is 16.4. The fourth-order valence-electron chi connectivity index (χ4n) is 1.65. The molecule has 15 heavy (non-hydrogen) atoms. The van der Waals surface area contributed by atoms with Crippen molar-refractivity contribution in [2.45, 2.75) is 19.4 Å². The van der Waals surface area contributed by atoms with Crippen LogP contribution in [0.1, 0.15) is 18.4 Å². The van der Waals surface area contributed by atoms with Crippen LogP contribution in [0.4, 0.5) is 0 Å². The second-order valence-electron chi connectivity index (χ2n) is 3.71. The fourth-order valence-corrected chi connectivity index (χ4v) is 1.65. The molecule has 2 N–H and O–H groups in total. The van der Waals surface area contributed by atoms with Gasteiger partial charge in [0, 0.05) is 18.3 Å². The van der Waals surface area contributed by atoms with Gasteiger partial charge in [0.2, 0.25) is 5.91 Å². The first-order valence-electron chi connectivity index (χ1n) is 5.05. The molecule has 3 heteroatoms. The Kier molecular flexibility index (Phi) is 2.72. The summed E-state index contributed by atoms with van der Waals surface area (Å²) in [6.45, 7) is 0.611. The molecule has 0 saturated heterocycles. The molecule has 0 radical (unpaired) electrons. The van der Waals surface area contributed by atoms with Gasteiger partial charge in [-0.2, -0.15) is 0 Å². The van der Waals surface area contributed by atoms with Gasteiger partial charge in [0.05, 0.1) is 6.54 Å². The van der Waals surface area contributed by atoms with E-state index in [1.54, 1.807) is 11.1 Å². The van der Waals surface area contributed by atoms with Crippen molar-refractivity contribution in [3.8, 4) is 0 Å². The van der Waals surface area contributed by atoms with Crippen LogP contribution in [0.3, 0.4) is 0 Å². The van der Waals surface area contributed by atoms with Crippen LogP contribution in [0.15, 0.2) is 42.2 Å². The molecule has 78 valence electrons. The number of carbonyl (C=O) groups excluding carboxylic acids is 1. The molecule has 0 unspecified atom stereocenters. The quantitative estimate of drug-likeness (QED) is 0.792. The van der Waals surface area contributed by atoms with Gasteiger partial charge in [0.25, 0.3) is 0 Å². The van der Waals surface area contributed by atoms with Crippen LogP contribution >= 0.6 is 0 Å². The Labute approximate surface area is 89.2 Å². The summed E-state index contributed by atoms with van der Waals surface area (Å²) >= 11 is 0. The fraction of sp³-hybridized carbons (Fsp3) is 0.250. The van der Waals surface area contributed by atoms with Crippen molar-refractivity contribution in [3.63, 3.8) is 0 Å². The molecule has 1 aliphatic heterocycles. The first kappa shape index (κ1) is 9.77. The average molecular weight is 202 g/mol. The zero-order chi connectivity index (χ0) is 10.7. The molecule has 0 aliphatic carbocycles. The molecule has 0 fully saturated rings. The lowest BCUT2D eigenvalue weighted by molar-refractivity contribution is -0.129. The molecular weight excluding hydrogens is 188 g/mol. The largest absolute Gasteiger partial charge is 0.401 e. The van der Waals surface area contributed by atoms with Crippen LogP contribution in [0, 0.1) is 0 Å². The molecule has 0 bridgehead atoms. The van der Waals surface area contributed by atoms with E-state index in [2.05, 4.69) is 0 Å². The minimum atomic E-state index is 0.146. The highest BCUT2D eigenvalue weighted by molar-refractivity contribution is 5.78. The maximum atomic E-state index is 11.6. The van der Waals surface area contributed by atoms with Crippen molar-refractivity contribution in [2.75, 3.05) is 0 Å². The molecule has 0 saturated carbocycles. The van der Waals surface area contributed by atoms with E-state index in [0.717, 1.165) is 11.3 Å². The van der Waals surface area contributed by atoms with E-state index in [-0.39, 0.29) is 5.91 Å². The molecule has 0 spiro atoms. The van der Waals surface area contributed by atoms with Gasteiger partial charge in [0.15, 0.2) is 0 Å². The van der Waals surface area contributed by atoms with Crippen molar-refractivity contribution in [1.29, 1.82) is 0 Å². The Morgan fingerprint density at radius 1 is 1.20 bits per heavy atom. The summed E-state index contributed by atoms with van der Waals surface area (Å²) < 4.78 is 0. The summed E-state index contributed by atoms with van der Waals surface area (Å²) in [6, 6.07) is 9.91. The molecule has 1 aromatic carbocycles. The van der Waals surface area contributed by atoms with E-state index in [1.807, 2.05) is 30.3 Å². The molecule has 0 aromatic heterocycles. The lowest BCUT2D eigenvalue weighted by atomic mass is 10.1. The lowest BCUT2D eigenvalue weighted by Gasteiger charge is -2.23. The SMILES string of the molecule is NC1=CN(Cc2ccccc2)C(=O)CC1. The highest BCUT2D eigenvalue weighted by atomic mass is 16.2. The highest BCUT2D eigenvalue weighted by Gasteiger charge is 2.16. The number of hydrogen-bond donors (Lipinski definition) is 1. The van der Waals surface area contributed by atoms with Crippen molar-refractivity contribution in [3.05, 3.63) is 47.8 Å². The number of benzene rings is 1. The van der Waals surface area contributed by atoms with Gasteiger partial charge < -0.3 is 10.6 Å². The van der Waals surface area contributed by atoms with Gasteiger partial charge in [-0.25, -0.2) is 0 Å². The molecule has 0 atom stereocenters. The van der Waals surface area contributed by atoms with Crippen LogP contribution in [0.25, 0.3) is 0 Å². The topological polar surface area (TPSA) is 46.3 Å². The third kappa shape index (κ3) is 2.37. The summed E-state index contributed by atoms with van der Waals surface area (Å²) in [4.78, 5) is 13.3. The molecule has 1 heterocycles. The van der Waals surface area contributed by atoms with Crippen molar-refractivity contribution >= 4 is 5.91 Å². The van der Waals surface area contributed by atoms with Gasteiger partial charge in [0.1, 0.15) is 0 Å². The van der Waals surface area contributed by atoms with Gasteiger partial charge in [-0.15, -0.1) is 0 Å². The molecule has 1 aliphatic rings. The minimum Gasteiger partial charge on any atom is -0.401 e. The zero-order valence-electron chi connectivity index (χ0n) is 8.52. The summed E-state index contributed by atoms with van der Waals surface area (Å²) in [7, 11) is 0. The van der Waals surface area contributed by atoms with Crippen LogP contribution in [0.5, 0.6) is 0 Å². The first-order valence-corrected chi connectivity index (χ1v) is 5.05. The predicted octanol–water partition coefficient (Wildman–Crippen LogP) is 1.61. The lowest BCUT2D eigenvalue weighted by Crippen LogP contribution is -2.30. The Balaban J connectivity index is 2.11. The maximum absolute atomic E-state index is 11.6. The minimum absolute atomic E-state index is 0.146. The maximum Gasteiger partial charge on any atom is 0.227 e. The number of rotatable bonds is 2. The van der Waals surface area contributed by atoms with Gasteiger partial charge in [-0.05, 0) is 12.0 Å². The number of nitrogens with zero attached hydrogens (tertiary/aromatic N) is 1. The number of hydrogen-bond acceptors (Lipinski definition) is 2. The second-order valence-corrected chi connectivity index (χ2v) is 3.71. The van der Waals surface area contributed by atoms with Crippen molar-refractivity contribution < 1.29 is 4.79 Å². The monoisotopic (exact) mass is 202 g/mol. The number of allylic oxidation sites excluding steroid dienone is 1. The highest BCUT2D eigenvalue weighted by Crippen LogP contribution is 2.14. The molecular formula is C12H14N2O. The van der Waals surface area contributed by atoms with E-state index < -0.39 is 0 Å². The standard InChI is InChI=1S/C12H14N2O/c13-11-6-7-12(15)14(9-11)8-10-4-2-1-3-5-10/h1-5,9H,6-8,13H2. The van der Waals surface area contributed by atoms with Gasteiger partial charge in [-0.3, -0.25) is 4.79 Å². The summed E-state index contributed by atoms with van der Waals surface area (Å²) in [5.41, 5.74) is 7.61. The number of amides is 1. The Morgan fingerprint density at radius 3 is 2.67 bits per heavy atom. The summed E-state index contributed by atoms with van der Waals surface area (Å²) in [5, 5.41) is 0. The van der Waals surface area contributed by atoms with Crippen molar-refractivity contribution in [2.24, 2.45) is 5.73 Å².